The van der Waals surface area contributed by atoms with Gasteiger partial charge in [-0.1, -0.05) is 0 Å². The zero-order valence-electron chi connectivity index (χ0n) is 15.9. The van der Waals surface area contributed by atoms with Crippen molar-refractivity contribution in [3.05, 3.63) is 21.9 Å². The van der Waals surface area contributed by atoms with Gasteiger partial charge in [0.25, 0.3) is 0 Å². The molecule has 2 saturated heterocycles. The molecule has 1 aromatic heterocycles. The molecule has 2 fully saturated rings. The fourth-order valence-electron chi connectivity index (χ4n) is 2.60. The molecule has 0 bridgehead atoms. The second-order valence-electron chi connectivity index (χ2n) is 7.29. The largest absolute Gasteiger partial charge is 0.444 e. The summed E-state index contributed by atoms with van der Waals surface area (Å²) in [7, 11) is 0. The molecule has 0 unspecified atom stereocenters. The number of nitrogens with zero attached hydrogens (tertiary/aromatic N) is 3. The first kappa shape index (κ1) is 21.2. The topological polar surface area (TPSA) is 69.7 Å². The first-order valence-corrected chi connectivity index (χ1v) is 10.2. The molecule has 3 heterocycles. The van der Waals surface area contributed by atoms with Gasteiger partial charge in [-0.25, -0.2) is 9.78 Å². The van der Waals surface area contributed by atoms with Crippen molar-refractivity contribution in [2.24, 2.45) is 0 Å². The van der Waals surface area contributed by atoms with Crippen molar-refractivity contribution in [2.75, 3.05) is 57.3 Å². The van der Waals surface area contributed by atoms with Gasteiger partial charge in [0.05, 0.1) is 0 Å². The summed E-state index contributed by atoms with van der Waals surface area (Å²) in [5.74, 6) is 0.967. The van der Waals surface area contributed by atoms with Crippen LogP contribution in [0.5, 0.6) is 0 Å². The minimum Gasteiger partial charge on any atom is -0.444 e. The lowest BCUT2D eigenvalue weighted by atomic mass is 10.2. The van der Waals surface area contributed by atoms with Gasteiger partial charge in [-0.05, 0) is 55.5 Å². The number of pyridine rings is 1. The third-order valence-electron chi connectivity index (χ3n) is 3.92. The van der Waals surface area contributed by atoms with Crippen LogP contribution in [0.15, 0.2) is 18.3 Å². The molecule has 0 spiro atoms. The Hall–Kier alpha value is -1.13. The van der Waals surface area contributed by atoms with E-state index in [1.807, 2.05) is 39.1 Å². The van der Waals surface area contributed by atoms with Crippen LogP contribution < -0.4 is 15.5 Å². The fraction of sp³-hybridized carbons (Fsp3) is 0.667. The maximum Gasteiger partial charge on any atom is 0.410 e. The predicted molar refractivity (Wildman–Crippen MR) is 113 cm³/mol. The van der Waals surface area contributed by atoms with E-state index in [9.17, 15) is 4.79 Å². The molecule has 146 valence electrons. The maximum atomic E-state index is 12.0. The number of carbonyl (C=O) groups excluding carboxylic acids is 1. The summed E-state index contributed by atoms with van der Waals surface area (Å²) in [6, 6.07) is 4.06. The van der Waals surface area contributed by atoms with Gasteiger partial charge in [0.15, 0.2) is 0 Å². The normalized spacial score (nSPS) is 18.0. The van der Waals surface area contributed by atoms with E-state index in [4.69, 9.17) is 4.74 Å². The first-order valence-electron chi connectivity index (χ1n) is 9.11. The molecule has 2 aliphatic heterocycles. The Morgan fingerprint density at radius 3 is 2.08 bits per heavy atom. The zero-order chi connectivity index (χ0) is 19.0. The number of ether oxygens (including phenoxy) is 1. The summed E-state index contributed by atoms with van der Waals surface area (Å²) in [5.41, 5.74) is -0.439. The Balaban J connectivity index is 0.000000342. The monoisotopic (exact) mass is 475 g/mol. The van der Waals surface area contributed by atoms with Gasteiger partial charge in [-0.2, -0.15) is 0 Å². The number of piperazine rings is 2. The molecule has 0 radical (unpaired) electrons. The van der Waals surface area contributed by atoms with Crippen molar-refractivity contribution in [3.63, 3.8) is 0 Å². The molecule has 3 rings (SSSR count). The standard InChI is InChI=1S/C14H20IN3O2.C4H10N2/c1-14(2,3)20-13(19)18-8-6-17(7-9-18)12-5-4-11(15)10-16-12;1-2-6-4-3-5-1/h4-5,10H,6-9H2,1-3H3;5-6H,1-4H2. The Labute approximate surface area is 170 Å². The Kier molecular flexibility index (Phi) is 8.36. The lowest BCUT2D eigenvalue weighted by Gasteiger charge is -2.36. The van der Waals surface area contributed by atoms with Crippen LogP contribution in [0.1, 0.15) is 20.8 Å². The van der Waals surface area contributed by atoms with Crippen LogP contribution in [0.25, 0.3) is 0 Å². The van der Waals surface area contributed by atoms with Crippen LogP contribution >= 0.6 is 22.6 Å². The van der Waals surface area contributed by atoms with Gasteiger partial charge in [0.2, 0.25) is 0 Å². The van der Waals surface area contributed by atoms with E-state index in [2.05, 4.69) is 43.1 Å². The Bertz CT molecular complexity index is 538. The average molecular weight is 475 g/mol. The number of nitrogens with one attached hydrogen (secondary N) is 2. The third-order valence-corrected chi connectivity index (χ3v) is 4.56. The molecule has 0 atom stereocenters. The number of amides is 1. The number of halogens is 1. The Morgan fingerprint density at radius 2 is 1.65 bits per heavy atom. The van der Waals surface area contributed by atoms with Crippen LogP contribution in [-0.4, -0.2) is 73.9 Å². The second kappa shape index (κ2) is 10.3. The van der Waals surface area contributed by atoms with Gasteiger partial charge < -0.3 is 25.2 Å². The molecule has 1 amide bonds. The highest BCUT2D eigenvalue weighted by atomic mass is 127. The molecule has 0 saturated carbocycles. The smallest absolute Gasteiger partial charge is 0.410 e. The van der Waals surface area contributed by atoms with Crippen molar-refractivity contribution < 1.29 is 9.53 Å². The number of hydrogen-bond donors (Lipinski definition) is 2. The molecule has 2 aliphatic rings. The van der Waals surface area contributed by atoms with E-state index in [0.29, 0.717) is 13.1 Å². The van der Waals surface area contributed by atoms with Crippen molar-refractivity contribution >= 4 is 34.5 Å². The van der Waals surface area contributed by atoms with Gasteiger partial charge in [0.1, 0.15) is 11.4 Å². The van der Waals surface area contributed by atoms with Crippen LogP contribution in [0, 0.1) is 3.57 Å². The summed E-state index contributed by atoms with van der Waals surface area (Å²) in [5, 5.41) is 6.44. The van der Waals surface area contributed by atoms with Crippen molar-refractivity contribution in [3.8, 4) is 0 Å². The SMILES string of the molecule is C1CNCCN1.CC(C)(C)OC(=O)N1CCN(c2ccc(I)cn2)CC1. The number of aromatic nitrogens is 1. The van der Waals surface area contributed by atoms with Crippen LogP contribution in [0.4, 0.5) is 10.6 Å². The number of rotatable bonds is 1. The van der Waals surface area contributed by atoms with E-state index in [1.54, 1.807) is 4.90 Å². The summed E-state index contributed by atoms with van der Waals surface area (Å²) in [6.07, 6.45) is 1.63. The lowest BCUT2D eigenvalue weighted by molar-refractivity contribution is 0.0240. The van der Waals surface area contributed by atoms with E-state index in [1.165, 1.54) is 0 Å². The fourth-order valence-corrected chi connectivity index (χ4v) is 2.92. The lowest BCUT2D eigenvalue weighted by Crippen LogP contribution is -2.50. The molecule has 8 heteroatoms. The highest BCUT2D eigenvalue weighted by Gasteiger charge is 2.26. The number of hydrogen-bond acceptors (Lipinski definition) is 6. The minimum absolute atomic E-state index is 0.229. The van der Waals surface area contributed by atoms with Crippen LogP contribution in [-0.2, 0) is 4.74 Å². The molecular formula is C18H30IN5O2. The van der Waals surface area contributed by atoms with Gasteiger partial charge in [-0.3, -0.25) is 0 Å². The summed E-state index contributed by atoms with van der Waals surface area (Å²) >= 11 is 2.24. The van der Waals surface area contributed by atoms with E-state index < -0.39 is 5.60 Å². The molecule has 2 N–H and O–H groups in total. The van der Waals surface area contributed by atoms with E-state index >= 15 is 0 Å². The van der Waals surface area contributed by atoms with Gasteiger partial charge in [0, 0.05) is 62.1 Å². The third kappa shape index (κ3) is 7.63. The predicted octanol–water partition coefficient (Wildman–Crippen LogP) is 1.92. The molecule has 0 aromatic carbocycles. The molecule has 0 aliphatic carbocycles. The van der Waals surface area contributed by atoms with Crippen molar-refractivity contribution in [1.29, 1.82) is 0 Å². The molecule has 1 aromatic rings. The van der Waals surface area contributed by atoms with Crippen molar-refractivity contribution in [1.82, 2.24) is 20.5 Å². The number of carbonyl (C=O) groups is 1. The van der Waals surface area contributed by atoms with Crippen LogP contribution in [0.3, 0.4) is 0 Å². The highest BCUT2D eigenvalue weighted by molar-refractivity contribution is 14.1. The minimum atomic E-state index is -0.439. The quantitative estimate of drug-likeness (QED) is 0.606. The molecular weight excluding hydrogens is 445 g/mol. The van der Waals surface area contributed by atoms with Gasteiger partial charge >= 0.3 is 6.09 Å². The van der Waals surface area contributed by atoms with E-state index in [-0.39, 0.29) is 6.09 Å². The average Bonchev–Trinajstić information content (AvgIpc) is 2.63. The molecule has 26 heavy (non-hydrogen) atoms. The zero-order valence-corrected chi connectivity index (χ0v) is 18.1. The summed E-state index contributed by atoms with van der Waals surface area (Å²) < 4.78 is 6.51. The first-order chi connectivity index (χ1) is 12.3. The Morgan fingerprint density at radius 1 is 1.08 bits per heavy atom. The van der Waals surface area contributed by atoms with E-state index in [0.717, 1.165) is 48.7 Å². The number of anilines is 1. The van der Waals surface area contributed by atoms with Crippen LogP contribution in [0.2, 0.25) is 0 Å². The summed E-state index contributed by atoms with van der Waals surface area (Å²) in [6.45, 7) is 13.1. The highest BCUT2D eigenvalue weighted by Crippen LogP contribution is 2.16. The molecule has 7 nitrogen and oxygen atoms in total. The summed E-state index contributed by atoms with van der Waals surface area (Å²) in [4.78, 5) is 20.3. The van der Waals surface area contributed by atoms with Gasteiger partial charge in [-0.15, -0.1) is 0 Å². The maximum absolute atomic E-state index is 12.0. The van der Waals surface area contributed by atoms with Crippen molar-refractivity contribution in [2.45, 2.75) is 26.4 Å². The second-order valence-corrected chi connectivity index (χ2v) is 8.53.